The number of anilines is 1. The number of rotatable bonds is 3. The van der Waals surface area contributed by atoms with Crippen molar-refractivity contribution in [3.05, 3.63) is 10.6 Å². The van der Waals surface area contributed by atoms with Crippen molar-refractivity contribution in [2.45, 2.75) is 45.1 Å². The molecule has 4 heteroatoms. The summed E-state index contributed by atoms with van der Waals surface area (Å²) in [5.74, 6) is 0.881. The predicted molar refractivity (Wildman–Crippen MR) is 77.5 cm³/mol. The van der Waals surface area contributed by atoms with Gasteiger partial charge in [-0.05, 0) is 38.6 Å². The summed E-state index contributed by atoms with van der Waals surface area (Å²) in [4.78, 5) is 8.96. The van der Waals surface area contributed by atoms with E-state index in [9.17, 15) is 0 Å². The van der Waals surface area contributed by atoms with Crippen LogP contribution in [0.1, 0.15) is 49.2 Å². The van der Waals surface area contributed by atoms with Crippen LogP contribution in [-0.2, 0) is 6.42 Å². The molecule has 3 rings (SSSR count). The number of nitrogens with zero attached hydrogens (tertiary/aromatic N) is 2. The van der Waals surface area contributed by atoms with Gasteiger partial charge in [0.05, 0.1) is 11.7 Å². The van der Waals surface area contributed by atoms with Crippen LogP contribution in [0.15, 0.2) is 0 Å². The fraction of sp³-hybridized carbons (Fsp3) is 0.786. The summed E-state index contributed by atoms with van der Waals surface area (Å²) in [5, 5.41) is 4.69. The molecule has 3 nitrogen and oxygen atoms in total. The van der Waals surface area contributed by atoms with Crippen LogP contribution >= 0.6 is 11.3 Å². The molecule has 0 radical (unpaired) electrons. The van der Waals surface area contributed by atoms with Crippen molar-refractivity contribution in [1.82, 2.24) is 10.3 Å². The van der Waals surface area contributed by atoms with Gasteiger partial charge in [-0.15, -0.1) is 11.3 Å². The molecule has 1 aromatic rings. The third-order valence-corrected chi connectivity index (χ3v) is 5.62. The highest BCUT2D eigenvalue weighted by Crippen LogP contribution is 2.38. The molecule has 1 aliphatic carbocycles. The average molecular weight is 265 g/mol. The molecular weight excluding hydrogens is 242 g/mol. The molecule has 2 unspecified atom stereocenters. The highest BCUT2D eigenvalue weighted by Gasteiger charge is 2.28. The lowest BCUT2D eigenvalue weighted by Crippen LogP contribution is -2.22. The van der Waals surface area contributed by atoms with Crippen LogP contribution < -0.4 is 10.2 Å². The second-order valence-electron chi connectivity index (χ2n) is 5.55. The standard InChI is InChI=1S/C14H23N3S/c1-3-10-7-8-17(9-10)14-16-13-11(15-2)5-4-6-12(13)18-14/h10-11,15H,3-9H2,1-2H3. The molecule has 2 aliphatic rings. The Bertz CT molecular complexity index is 415. The molecule has 0 spiro atoms. The second kappa shape index (κ2) is 5.17. The van der Waals surface area contributed by atoms with Gasteiger partial charge in [-0.2, -0.15) is 0 Å². The van der Waals surface area contributed by atoms with E-state index in [0.29, 0.717) is 6.04 Å². The van der Waals surface area contributed by atoms with Gasteiger partial charge >= 0.3 is 0 Å². The van der Waals surface area contributed by atoms with Gasteiger partial charge in [0.25, 0.3) is 0 Å². The zero-order valence-corrected chi connectivity index (χ0v) is 12.2. The average Bonchev–Trinajstić information content (AvgIpc) is 3.03. The van der Waals surface area contributed by atoms with Gasteiger partial charge in [0, 0.05) is 18.0 Å². The third kappa shape index (κ3) is 2.16. The van der Waals surface area contributed by atoms with E-state index in [1.807, 2.05) is 11.3 Å². The number of aryl methyl sites for hydroxylation is 1. The molecule has 18 heavy (non-hydrogen) atoms. The zero-order chi connectivity index (χ0) is 12.5. The van der Waals surface area contributed by atoms with E-state index in [1.165, 1.54) is 60.9 Å². The van der Waals surface area contributed by atoms with Crippen molar-refractivity contribution in [3.63, 3.8) is 0 Å². The minimum absolute atomic E-state index is 0.489. The van der Waals surface area contributed by atoms with E-state index in [-0.39, 0.29) is 0 Å². The SMILES string of the molecule is CCC1CCN(c2nc3c(s2)CCCC3NC)C1. The number of fused-ring (bicyclic) bond motifs is 1. The fourth-order valence-corrected chi connectivity index (χ4v) is 4.36. The Balaban J connectivity index is 1.80. The molecule has 0 saturated carbocycles. The maximum Gasteiger partial charge on any atom is 0.185 e. The van der Waals surface area contributed by atoms with Crippen molar-refractivity contribution < 1.29 is 0 Å². The first-order valence-electron chi connectivity index (χ1n) is 7.23. The molecule has 1 N–H and O–H groups in total. The van der Waals surface area contributed by atoms with Crippen molar-refractivity contribution in [1.29, 1.82) is 0 Å². The summed E-state index contributed by atoms with van der Waals surface area (Å²) >= 11 is 1.94. The molecule has 0 aromatic carbocycles. The second-order valence-corrected chi connectivity index (χ2v) is 6.61. The van der Waals surface area contributed by atoms with Gasteiger partial charge in [0.1, 0.15) is 0 Å². The van der Waals surface area contributed by atoms with Crippen LogP contribution in [0, 0.1) is 5.92 Å². The summed E-state index contributed by atoms with van der Waals surface area (Å²) in [6, 6.07) is 0.489. The van der Waals surface area contributed by atoms with E-state index in [1.54, 1.807) is 0 Å². The molecule has 1 fully saturated rings. The van der Waals surface area contributed by atoms with Crippen molar-refractivity contribution in [2.75, 3.05) is 25.0 Å². The van der Waals surface area contributed by atoms with Gasteiger partial charge in [-0.1, -0.05) is 13.3 Å². The predicted octanol–water partition coefficient (Wildman–Crippen LogP) is 2.98. The summed E-state index contributed by atoms with van der Waals surface area (Å²) in [5.41, 5.74) is 1.34. The third-order valence-electron chi connectivity index (χ3n) is 4.43. The van der Waals surface area contributed by atoms with E-state index in [2.05, 4.69) is 24.2 Å². The minimum atomic E-state index is 0.489. The van der Waals surface area contributed by atoms with Crippen LogP contribution in [0.4, 0.5) is 5.13 Å². The Hall–Kier alpha value is -0.610. The highest BCUT2D eigenvalue weighted by molar-refractivity contribution is 7.15. The lowest BCUT2D eigenvalue weighted by molar-refractivity contribution is 0.489. The van der Waals surface area contributed by atoms with Crippen molar-refractivity contribution in [2.24, 2.45) is 5.92 Å². The van der Waals surface area contributed by atoms with Gasteiger partial charge < -0.3 is 10.2 Å². The first-order chi connectivity index (χ1) is 8.81. The maximum atomic E-state index is 4.94. The Morgan fingerprint density at radius 2 is 2.33 bits per heavy atom. The quantitative estimate of drug-likeness (QED) is 0.910. The molecular formula is C14H23N3S. The molecule has 1 aliphatic heterocycles. The van der Waals surface area contributed by atoms with Gasteiger partial charge in [-0.25, -0.2) is 4.98 Å². The maximum absolute atomic E-state index is 4.94. The number of aromatic nitrogens is 1. The zero-order valence-electron chi connectivity index (χ0n) is 11.4. The minimum Gasteiger partial charge on any atom is -0.348 e. The van der Waals surface area contributed by atoms with Crippen LogP contribution in [0.2, 0.25) is 0 Å². The first-order valence-corrected chi connectivity index (χ1v) is 8.05. The van der Waals surface area contributed by atoms with Crippen molar-refractivity contribution in [3.8, 4) is 0 Å². The Morgan fingerprint density at radius 3 is 3.06 bits per heavy atom. The number of hydrogen-bond donors (Lipinski definition) is 1. The largest absolute Gasteiger partial charge is 0.348 e. The van der Waals surface area contributed by atoms with Crippen molar-refractivity contribution >= 4 is 16.5 Å². The molecule has 1 aromatic heterocycles. The Morgan fingerprint density at radius 1 is 1.44 bits per heavy atom. The summed E-state index contributed by atoms with van der Waals surface area (Å²) in [7, 11) is 2.06. The summed E-state index contributed by atoms with van der Waals surface area (Å²) < 4.78 is 0. The van der Waals surface area contributed by atoms with Gasteiger partial charge in [0.2, 0.25) is 0 Å². The van der Waals surface area contributed by atoms with Crippen LogP contribution in [0.25, 0.3) is 0 Å². The fourth-order valence-electron chi connectivity index (χ4n) is 3.16. The first kappa shape index (κ1) is 12.4. The van der Waals surface area contributed by atoms with Crippen LogP contribution in [-0.4, -0.2) is 25.1 Å². The van der Waals surface area contributed by atoms with Crippen LogP contribution in [0.3, 0.4) is 0 Å². The number of nitrogens with one attached hydrogen (secondary N) is 1. The van der Waals surface area contributed by atoms with E-state index >= 15 is 0 Å². The normalized spacial score (nSPS) is 27.6. The monoisotopic (exact) mass is 265 g/mol. The van der Waals surface area contributed by atoms with Gasteiger partial charge in [0.15, 0.2) is 5.13 Å². The molecule has 1 saturated heterocycles. The molecule has 0 bridgehead atoms. The topological polar surface area (TPSA) is 28.2 Å². The number of thiazole rings is 1. The highest BCUT2D eigenvalue weighted by atomic mass is 32.1. The van der Waals surface area contributed by atoms with E-state index < -0.39 is 0 Å². The molecule has 0 amide bonds. The smallest absolute Gasteiger partial charge is 0.185 e. The molecule has 2 atom stereocenters. The number of hydrogen-bond acceptors (Lipinski definition) is 4. The van der Waals surface area contributed by atoms with Gasteiger partial charge in [-0.3, -0.25) is 0 Å². The molecule has 100 valence electrons. The van der Waals surface area contributed by atoms with Crippen LogP contribution in [0.5, 0.6) is 0 Å². The molecule has 2 heterocycles. The summed E-state index contributed by atoms with van der Waals surface area (Å²) in [6.45, 7) is 4.72. The summed E-state index contributed by atoms with van der Waals surface area (Å²) in [6.07, 6.45) is 6.43. The Labute approximate surface area is 114 Å². The van der Waals surface area contributed by atoms with E-state index in [4.69, 9.17) is 4.98 Å². The van der Waals surface area contributed by atoms with E-state index in [0.717, 1.165) is 5.92 Å². The Kier molecular flexibility index (Phi) is 3.57. The lowest BCUT2D eigenvalue weighted by atomic mass is 9.98. The lowest BCUT2D eigenvalue weighted by Gasteiger charge is -2.19.